The predicted molar refractivity (Wildman–Crippen MR) is 62.7 cm³/mol. The number of carbonyl (C=O) groups is 2. The van der Waals surface area contributed by atoms with Gasteiger partial charge in [0.1, 0.15) is 12.6 Å². The maximum Gasteiger partial charge on any atom is 0.268 e. The Morgan fingerprint density at radius 2 is 2.41 bits per heavy atom. The summed E-state index contributed by atoms with van der Waals surface area (Å²) in [6.07, 6.45) is 3.21. The third kappa shape index (κ3) is 4.70. The van der Waals surface area contributed by atoms with E-state index in [1.807, 2.05) is 0 Å². The van der Waals surface area contributed by atoms with Gasteiger partial charge in [-0.25, -0.2) is 5.48 Å². The fraction of sp³-hybridized carbons (Fsp3) is 0.818. The molecular formula is C11H21N3O3. The Morgan fingerprint density at radius 1 is 1.65 bits per heavy atom. The number of hydroxylamine groups is 1. The summed E-state index contributed by atoms with van der Waals surface area (Å²) < 4.78 is 0. The highest BCUT2D eigenvalue weighted by atomic mass is 16.7. The molecule has 4 N–H and O–H groups in total. The first-order valence-corrected chi connectivity index (χ1v) is 6.08. The van der Waals surface area contributed by atoms with E-state index in [0.29, 0.717) is 18.9 Å². The third-order valence-electron chi connectivity index (χ3n) is 3.01. The van der Waals surface area contributed by atoms with Crippen LogP contribution in [0, 0.1) is 5.92 Å². The zero-order valence-corrected chi connectivity index (χ0v) is 10.2. The van der Waals surface area contributed by atoms with Crippen LogP contribution in [0.3, 0.4) is 0 Å². The Kier molecular flexibility index (Phi) is 5.93. The molecule has 0 aromatic carbocycles. The van der Waals surface area contributed by atoms with E-state index in [4.69, 9.17) is 10.6 Å². The highest BCUT2D eigenvalue weighted by molar-refractivity contribution is 5.88. The van der Waals surface area contributed by atoms with Crippen LogP contribution in [0.2, 0.25) is 0 Å². The lowest BCUT2D eigenvalue weighted by atomic mass is 9.96. The zero-order valence-electron chi connectivity index (χ0n) is 10.2. The normalized spacial score (nSPS) is 21.1. The molecule has 1 fully saturated rings. The molecule has 6 nitrogen and oxygen atoms in total. The van der Waals surface area contributed by atoms with Gasteiger partial charge in [-0.2, -0.15) is 0 Å². The molecule has 17 heavy (non-hydrogen) atoms. The second-order valence-electron chi connectivity index (χ2n) is 4.29. The van der Waals surface area contributed by atoms with Gasteiger partial charge in [-0.05, 0) is 25.3 Å². The molecule has 0 aromatic rings. The van der Waals surface area contributed by atoms with E-state index >= 15 is 0 Å². The Bertz CT molecular complexity index is 271. The molecule has 0 spiro atoms. The summed E-state index contributed by atoms with van der Waals surface area (Å²) >= 11 is 0. The molecule has 0 bridgehead atoms. The Balaban J connectivity index is 2.22. The summed E-state index contributed by atoms with van der Waals surface area (Å²) in [5.41, 5.74) is 7.69. The van der Waals surface area contributed by atoms with E-state index in [-0.39, 0.29) is 18.4 Å². The van der Waals surface area contributed by atoms with Gasteiger partial charge in [0.25, 0.3) is 5.91 Å². The second-order valence-corrected chi connectivity index (χ2v) is 4.29. The quantitative estimate of drug-likeness (QED) is 0.571. The molecule has 1 aliphatic heterocycles. The Morgan fingerprint density at radius 3 is 2.94 bits per heavy atom. The van der Waals surface area contributed by atoms with Crippen LogP contribution in [0.25, 0.3) is 0 Å². The number of rotatable bonds is 7. The fourth-order valence-electron chi connectivity index (χ4n) is 1.84. The van der Waals surface area contributed by atoms with E-state index in [1.165, 1.54) is 0 Å². The number of hydrogen-bond acceptors (Lipinski definition) is 4. The molecule has 0 aromatic heterocycles. The highest BCUT2D eigenvalue weighted by Crippen LogP contribution is 2.14. The summed E-state index contributed by atoms with van der Waals surface area (Å²) in [6, 6.07) is -0.544. The largest absolute Gasteiger partial charge is 0.342 e. The molecule has 1 heterocycles. The van der Waals surface area contributed by atoms with Crippen molar-refractivity contribution in [3.63, 3.8) is 0 Å². The third-order valence-corrected chi connectivity index (χ3v) is 3.01. The highest BCUT2D eigenvalue weighted by Gasteiger charge is 2.26. The van der Waals surface area contributed by atoms with Gasteiger partial charge in [0.15, 0.2) is 0 Å². The first-order chi connectivity index (χ1) is 8.17. The first-order valence-electron chi connectivity index (χ1n) is 6.08. The second kappa shape index (κ2) is 7.24. The van der Waals surface area contributed by atoms with Crippen LogP contribution in [0.15, 0.2) is 0 Å². The average molecular weight is 243 g/mol. The summed E-state index contributed by atoms with van der Waals surface area (Å²) in [5, 5.41) is 2.64. The maximum absolute atomic E-state index is 11.6. The van der Waals surface area contributed by atoms with Crippen molar-refractivity contribution >= 4 is 11.8 Å². The van der Waals surface area contributed by atoms with Crippen LogP contribution < -0.4 is 16.5 Å². The lowest BCUT2D eigenvalue weighted by Crippen LogP contribution is -2.41. The van der Waals surface area contributed by atoms with Crippen molar-refractivity contribution in [3.8, 4) is 0 Å². The zero-order chi connectivity index (χ0) is 12.7. The van der Waals surface area contributed by atoms with Crippen LogP contribution in [0.4, 0.5) is 0 Å². The molecule has 0 aliphatic carbocycles. The molecule has 6 heteroatoms. The predicted octanol–water partition coefficient (Wildman–Crippen LogP) is -0.312. The topological polar surface area (TPSA) is 93.5 Å². The molecule has 2 amide bonds. The lowest BCUT2D eigenvalue weighted by Gasteiger charge is -2.14. The number of hydrogen-bond donors (Lipinski definition) is 3. The molecular weight excluding hydrogens is 222 g/mol. The van der Waals surface area contributed by atoms with E-state index in [0.717, 1.165) is 19.3 Å². The maximum atomic E-state index is 11.6. The van der Waals surface area contributed by atoms with Gasteiger partial charge in [-0.3, -0.25) is 14.4 Å². The van der Waals surface area contributed by atoms with Crippen molar-refractivity contribution in [1.29, 1.82) is 0 Å². The molecule has 1 saturated heterocycles. The molecule has 0 radical (unpaired) electrons. The van der Waals surface area contributed by atoms with Crippen LogP contribution in [0.5, 0.6) is 0 Å². The standard InChI is InChI=1S/C11H21N3O3/c1-2-8(5-6-12)3-4-10(15)13-9-7-17-14-11(9)16/h8-9H,2-7,12H2,1H3,(H,13,15)(H,14,16)/t8?,9-/m1/s1. The van der Waals surface area contributed by atoms with Crippen LogP contribution in [0.1, 0.15) is 32.6 Å². The van der Waals surface area contributed by atoms with Crippen molar-refractivity contribution in [3.05, 3.63) is 0 Å². The first kappa shape index (κ1) is 13.9. The molecule has 0 saturated carbocycles. The summed E-state index contributed by atoms with van der Waals surface area (Å²) in [5.74, 6) is 0.0953. The van der Waals surface area contributed by atoms with E-state index in [1.54, 1.807) is 0 Å². The van der Waals surface area contributed by atoms with E-state index in [2.05, 4.69) is 17.7 Å². The number of carbonyl (C=O) groups excluding carboxylic acids is 2. The number of nitrogens with one attached hydrogen (secondary N) is 2. The minimum Gasteiger partial charge on any atom is -0.342 e. The van der Waals surface area contributed by atoms with Crippen molar-refractivity contribution in [2.75, 3.05) is 13.2 Å². The molecule has 1 unspecified atom stereocenters. The van der Waals surface area contributed by atoms with Gasteiger partial charge in [-0.1, -0.05) is 13.3 Å². The molecule has 2 atom stereocenters. The Hall–Kier alpha value is -1.14. The van der Waals surface area contributed by atoms with Crippen molar-refractivity contribution in [2.24, 2.45) is 11.7 Å². The molecule has 98 valence electrons. The van der Waals surface area contributed by atoms with Crippen LogP contribution in [-0.4, -0.2) is 31.0 Å². The van der Waals surface area contributed by atoms with Crippen molar-refractivity contribution in [2.45, 2.75) is 38.6 Å². The minimum absolute atomic E-state index is 0.105. The molecule has 1 rings (SSSR count). The van der Waals surface area contributed by atoms with Crippen molar-refractivity contribution in [1.82, 2.24) is 10.8 Å². The smallest absolute Gasteiger partial charge is 0.268 e. The van der Waals surface area contributed by atoms with E-state index in [9.17, 15) is 9.59 Å². The summed E-state index contributed by atoms with van der Waals surface area (Å²) in [6.45, 7) is 2.94. The minimum atomic E-state index is -0.544. The van der Waals surface area contributed by atoms with Crippen molar-refractivity contribution < 1.29 is 14.4 Å². The van der Waals surface area contributed by atoms with Gasteiger partial charge in [0.2, 0.25) is 5.91 Å². The van der Waals surface area contributed by atoms with Gasteiger partial charge >= 0.3 is 0 Å². The van der Waals surface area contributed by atoms with Gasteiger partial charge in [0.05, 0.1) is 0 Å². The summed E-state index contributed by atoms with van der Waals surface area (Å²) in [4.78, 5) is 27.5. The van der Waals surface area contributed by atoms with Gasteiger partial charge in [0, 0.05) is 6.42 Å². The monoisotopic (exact) mass is 243 g/mol. The van der Waals surface area contributed by atoms with Gasteiger partial charge in [-0.15, -0.1) is 0 Å². The SMILES string of the molecule is CCC(CCN)CCC(=O)N[C@@H]1CONC1=O. The van der Waals surface area contributed by atoms with Crippen LogP contribution in [-0.2, 0) is 14.4 Å². The number of amides is 2. The Labute approximate surface area is 101 Å². The van der Waals surface area contributed by atoms with E-state index < -0.39 is 6.04 Å². The average Bonchev–Trinajstić information content (AvgIpc) is 2.70. The van der Waals surface area contributed by atoms with Gasteiger partial charge < -0.3 is 11.1 Å². The van der Waals surface area contributed by atoms with Crippen LogP contribution >= 0.6 is 0 Å². The molecule has 1 aliphatic rings. The number of nitrogens with two attached hydrogens (primary N) is 1. The summed E-state index contributed by atoms with van der Waals surface area (Å²) in [7, 11) is 0. The fourth-order valence-corrected chi connectivity index (χ4v) is 1.84. The lowest BCUT2D eigenvalue weighted by molar-refractivity contribution is -0.128.